The van der Waals surface area contributed by atoms with Crippen LogP contribution in [-0.2, 0) is 11.2 Å². The lowest BCUT2D eigenvalue weighted by atomic mass is 9.69. The van der Waals surface area contributed by atoms with Crippen molar-refractivity contribution in [1.29, 1.82) is 0 Å². The van der Waals surface area contributed by atoms with Crippen molar-refractivity contribution in [3.8, 4) is 5.75 Å². The molecule has 3 aromatic carbocycles. The van der Waals surface area contributed by atoms with E-state index < -0.39 is 0 Å². The lowest BCUT2D eigenvalue weighted by Gasteiger charge is -2.35. The fourth-order valence-corrected chi connectivity index (χ4v) is 5.48. The zero-order valence-corrected chi connectivity index (χ0v) is 18.0. The summed E-state index contributed by atoms with van der Waals surface area (Å²) in [4.78, 5) is 11.7. The van der Waals surface area contributed by atoms with Gasteiger partial charge in [0.05, 0.1) is 0 Å². The van der Waals surface area contributed by atoms with Crippen molar-refractivity contribution in [3.05, 3.63) is 95.1 Å². The Kier molecular flexibility index (Phi) is 6.91. The molecule has 0 saturated carbocycles. The number of hydrogen-bond acceptors (Lipinski definition) is 3. The smallest absolute Gasteiger partial charge is 0.119 e. The van der Waals surface area contributed by atoms with Crippen molar-refractivity contribution in [2.24, 2.45) is 0 Å². The molecule has 4 rings (SSSR count). The summed E-state index contributed by atoms with van der Waals surface area (Å²) in [6.45, 7) is 0. The summed E-state index contributed by atoms with van der Waals surface area (Å²) in [7, 11) is 0. The van der Waals surface area contributed by atoms with Crippen molar-refractivity contribution in [2.75, 3.05) is 5.75 Å². The lowest BCUT2D eigenvalue weighted by Crippen LogP contribution is -2.20. The van der Waals surface area contributed by atoms with Crippen LogP contribution in [0.1, 0.15) is 59.8 Å². The Morgan fingerprint density at radius 3 is 2.50 bits per heavy atom. The SMILES string of the molecule is O=CCCCCSc1ccc([C@@H]2c3ccc(O)cc3CC[C@@H]2c2ccccc2)cc1. The third-order valence-electron chi connectivity index (χ3n) is 6.04. The number of aryl methyl sites for hydroxylation is 1. The van der Waals surface area contributed by atoms with Crippen LogP contribution in [0.15, 0.2) is 77.7 Å². The van der Waals surface area contributed by atoms with E-state index in [1.165, 1.54) is 27.1 Å². The minimum absolute atomic E-state index is 0.295. The number of phenols is 1. The van der Waals surface area contributed by atoms with Crippen LogP contribution in [0.4, 0.5) is 0 Å². The van der Waals surface area contributed by atoms with Gasteiger partial charge in [0, 0.05) is 17.2 Å². The molecular weight excluding hydrogens is 388 g/mol. The second-order valence-electron chi connectivity index (χ2n) is 8.00. The number of aldehydes is 1. The number of phenolic OH excluding ortho intramolecular Hbond substituents is 1. The number of unbranched alkanes of at least 4 members (excludes halogenated alkanes) is 2. The molecule has 0 heterocycles. The van der Waals surface area contributed by atoms with E-state index in [9.17, 15) is 9.90 Å². The predicted molar refractivity (Wildman–Crippen MR) is 125 cm³/mol. The molecule has 3 aromatic rings. The zero-order chi connectivity index (χ0) is 20.8. The average molecular weight is 417 g/mol. The van der Waals surface area contributed by atoms with Crippen molar-refractivity contribution in [2.45, 2.75) is 48.8 Å². The molecule has 2 atom stereocenters. The van der Waals surface area contributed by atoms with Crippen LogP contribution in [0.3, 0.4) is 0 Å². The van der Waals surface area contributed by atoms with Crippen LogP contribution in [0.5, 0.6) is 5.75 Å². The van der Waals surface area contributed by atoms with Gasteiger partial charge in [-0.2, -0.15) is 0 Å². The first kappa shape index (κ1) is 20.7. The lowest BCUT2D eigenvalue weighted by molar-refractivity contribution is -0.107. The van der Waals surface area contributed by atoms with E-state index >= 15 is 0 Å². The maximum atomic E-state index is 10.4. The minimum atomic E-state index is 0.295. The number of thioether (sulfide) groups is 1. The van der Waals surface area contributed by atoms with E-state index in [1.54, 1.807) is 0 Å². The first-order valence-corrected chi connectivity index (χ1v) is 11.8. The van der Waals surface area contributed by atoms with Gasteiger partial charge in [0.25, 0.3) is 0 Å². The monoisotopic (exact) mass is 416 g/mol. The zero-order valence-electron chi connectivity index (χ0n) is 17.2. The van der Waals surface area contributed by atoms with Crippen molar-refractivity contribution >= 4 is 18.0 Å². The highest BCUT2D eigenvalue weighted by Crippen LogP contribution is 2.47. The Morgan fingerprint density at radius 1 is 0.933 bits per heavy atom. The highest BCUT2D eigenvalue weighted by atomic mass is 32.2. The van der Waals surface area contributed by atoms with Gasteiger partial charge < -0.3 is 9.90 Å². The summed E-state index contributed by atoms with van der Waals surface area (Å²) in [5, 5.41) is 9.98. The van der Waals surface area contributed by atoms with E-state index in [0.29, 0.717) is 24.0 Å². The quantitative estimate of drug-likeness (QED) is 0.252. The molecule has 1 N–H and O–H groups in total. The van der Waals surface area contributed by atoms with Crippen LogP contribution in [-0.4, -0.2) is 17.1 Å². The summed E-state index contributed by atoms with van der Waals surface area (Å²) in [5.41, 5.74) is 5.32. The second kappa shape index (κ2) is 9.99. The van der Waals surface area contributed by atoms with Gasteiger partial charge >= 0.3 is 0 Å². The number of rotatable bonds is 8. The maximum Gasteiger partial charge on any atom is 0.119 e. The molecule has 0 bridgehead atoms. The Morgan fingerprint density at radius 2 is 1.73 bits per heavy atom. The van der Waals surface area contributed by atoms with E-state index in [0.717, 1.165) is 37.7 Å². The molecular formula is C27H28O2S. The van der Waals surface area contributed by atoms with Gasteiger partial charge in [-0.15, -0.1) is 11.8 Å². The van der Waals surface area contributed by atoms with Gasteiger partial charge in [0.15, 0.2) is 0 Å². The molecule has 0 spiro atoms. The van der Waals surface area contributed by atoms with Crippen LogP contribution in [0.25, 0.3) is 0 Å². The van der Waals surface area contributed by atoms with Crippen LogP contribution in [0.2, 0.25) is 0 Å². The molecule has 0 saturated heterocycles. The average Bonchev–Trinajstić information content (AvgIpc) is 2.79. The highest BCUT2D eigenvalue weighted by molar-refractivity contribution is 7.99. The van der Waals surface area contributed by atoms with E-state index in [1.807, 2.05) is 23.9 Å². The molecule has 1 aliphatic rings. The molecule has 30 heavy (non-hydrogen) atoms. The van der Waals surface area contributed by atoms with Crippen LogP contribution in [0, 0.1) is 0 Å². The summed E-state index contributed by atoms with van der Waals surface area (Å²) in [6.07, 6.45) is 5.79. The first-order chi connectivity index (χ1) is 14.8. The van der Waals surface area contributed by atoms with E-state index in [4.69, 9.17) is 0 Å². The fourth-order valence-electron chi connectivity index (χ4n) is 4.57. The van der Waals surface area contributed by atoms with Crippen LogP contribution >= 0.6 is 11.8 Å². The summed E-state index contributed by atoms with van der Waals surface area (Å²) < 4.78 is 0. The van der Waals surface area contributed by atoms with Crippen LogP contribution < -0.4 is 0 Å². The molecule has 0 aromatic heterocycles. The minimum Gasteiger partial charge on any atom is -0.508 e. The largest absolute Gasteiger partial charge is 0.508 e. The standard InChI is InChI=1S/C27H28O2S/c28-17-5-2-6-18-30-24-13-9-21(10-14-24)27-25(20-7-3-1-4-8-20)15-11-22-19-23(29)12-16-26(22)27/h1,3-4,7-10,12-14,16-17,19,25,27,29H,2,5-6,11,15,18H2/t25-,27+/m1/s1. The Hall–Kier alpha value is -2.52. The molecule has 3 heteroatoms. The van der Waals surface area contributed by atoms with Gasteiger partial charge in [-0.3, -0.25) is 0 Å². The summed E-state index contributed by atoms with van der Waals surface area (Å²) in [6, 6.07) is 25.7. The summed E-state index contributed by atoms with van der Waals surface area (Å²) >= 11 is 1.86. The van der Waals surface area contributed by atoms with E-state index in [2.05, 4.69) is 60.7 Å². The molecule has 0 amide bonds. The van der Waals surface area contributed by atoms with Crippen molar-refractivity contribution in [1.82, 2.24) is 0 Å². The second-order valence-corrected chi connectivity index (χ2v) is 9.16. The molecule has 0 unspecified atom stereocenters. The van der Waals surface area contributed by atoms with Gasteiger partial charge in [-0.05, 0) is 83.9 Å². The molecule has 2 nitrogen and oxygen atoms in total. The number of benzene rings is 3. The Balaban J connectivity index is 1.59. The van der Waals surface area contributed by atoms with Gasteiger partial charge in [0.1, 0.15) is 12.0 Å². The highest BCUT2D eigenvalue weighted by Gasteiger charge is 2.32. The molecule has 0 fully saturated rings. The molecule has 0 radical (unpaired) electrons. The number of fused-ring (bicyclic) bond motifs is 1. The third kappa shape index (κ3) is 4.79. The number of hydrogen-bond donors (Lipinski definition) is 1. The number of aromatic hydroxyl groups is 1. The van der Waals surface area contributed by atoms with Gasteiger partial charge in [0.2, 0.25) is 0 Å². The Labute approximate surface area is 183 Å². The molecule has 154 valence electrons. The predicted octanol–water partition coefficient (Wildman–Crippen LogP) is 6.72. The fraction of sp³-hybridized carbons (Fsp3) is 0.296. The Bertz CT molecular complexity index is 966. The summed E-state index contributed by atoms with van der Waals surface area (Å²) in [5.74, 6) is 2.13. The van der Waals surface area contributed by atoms with Gasteiger partial charge in [-0.25, -0.2) is 0 Å². The number of carbonyl (C=O) groups is 1. The van der Waals surface area contributed by atoms with Gasteiger partial charge in [-0.1, -0.05) is 48.5 Å². The molecule has 0 aliphatic heterocycles. The number of carbonyl (C=O) groups excluding carboxylic acids is 1. The topological polar surface area (TPSA) is 37.3 Å². The molecule has 1 aliphatic carbocycles. The van der Waals surface area contributed by atoms with Crippen molar-refractivity contribution < 1.29 is 9.90 Å². The van der Waals surface area contributed by atoms with E-state index in [-0.39, 0.29) is 0 Å². The third-order valence-corrected chi connectivity index (χ3v) is 7.14. The van der Waals surface area contributed by atoms with Crippen molar-refractivity contribution in [3.63, 3.8) is 0 Å². The normalized spacial score (nSPS) is 18.0. The maximum absolute atomic E-state index is 10.4. The first-order valence-electron chi connectivity index (χ1n) is 10.8.